The van der Waals surface area contributed by atoms with Gasteiger partial charge < -0.3 is 9.47 Å². The van der Waals surface area contributed by atoms with Gasteiger partial charge in [0.15, 0.2) is 0 Å². The fourth-order valence-electron chi connectivity index (χ4n) is 1.86. The van der Waals surface area contributed by atoms with Crippen molar-refractivity contribution in [1.29, 1.82) is 0 Å². The molecule has 19 heavy (non-hydrogen) atoms. The first-order valence-electron chi connectivity index (χ1n) is 5.66. The van der Waals surface area contributed by atoms with Gasteiger partial charge in [0.1, 0.15) is 11.5 Å². The van der Waals surface area contributed by atoms with Crippen molar-refractivity contribution in [2.24, 2.45) is 5.11 Å². The first kappa shape index (κ1) is 12.8. The second-order valence-electron chi connectivity index (χ2n) is 3.77. The Balaban J connectivity index is 2.66. The highest BCUT2D eigenvalue weighted by Gasteiger charge is 2.10. The highest BCUT2D eigenvalue weighted by molar-refractivity contribution is 5.80. The predicted octanol–water partition coefficient (Wildman–Crippen LogP) is 4.31. The predicted molar refractivity (Wildman–Crippen MR) is 73.8 cm³/mol. The van der Waals surface area contributed by atoms with E-state index in [2.05, 4.69) is 10.0 Å². The van der Waals surface area contributed by atoms with Crippen molar-refractivity contribution in [3.8, 4) is 22.6 Å². The van der Waals surface area contributed by atoms with Gasteiger partial charge in [0.25, 0.3) is 0 Å². The van der Waals surface area contributed by atoms with Gasteiger partial charge in [-0.25, -0.2) is 0 Å². The van der Waals surface area contributed by atoms with E-state index in [4.69, 9.17) is 15.0 Å². The summed E-state index contributed by atoms with van der Waals surface area (Å²) in [6.07, 6.45) is 0. The van der Waals surface area contributed by atoms with E-state index in [-0.39, 0.29) is 0 Å². The molecule has 0 aromatic heterocycles. The lowest BCUT2D eigenvalue weighted by Crippen LogP contribution is -1.90. The second kappa shape index (κ2) is 5.80. The van der Waals surface area contributed by atoms with Gasteiger partial charge in [-0.15, -0.1) is 0 Å². The van der Waals surface area contributed by atoms with E-state index in [1.165, 1.54) is 0 Å². The van der Waals surface area contributed by atoms with Crippen molar-refractivity contribution in [3.63, 3.8) is 0 Å². The summed E-state index contributed by atoms with van der Waals surface area (Å²) < 4.78 is 10.6. The minimum Gasteiger partial charge on any atom is -0.497 e. The monoisotopic (exact) mass is 255 g/mol. The molecule has 0 saturated heterocycles. The summed E-state index contributed by atoms with van der Waals surface area (Å²) in [5.74, 6) is 1.41. The van der Waals surface area contributed by atoms with Crippen LogP contribution in [0.15, 0.2) is 47.6 Å². The van der Waals surface area contributed by atoms with Gasteiger partial charge in [0, 0.05) is 16.2 Å². The molecule has 0 saturated carbocycles. The largest absolute Gasteiger partial charge is 0.497 e. The molecule has 0 fully saturated rings. The number of hydrogen-bond donors (Lipinski definition) is 0. The molecule has 2 rings (SSSR count). The minimum atomic E-state index is 0.552. The lowest BCUT2D eigenvalue weighted by Gasteiger charge is -2.12. The molecule has 96 valence electrons. The molecule has 2 aromatic carbocycles. The molecular weight excluding hydrogens is 242 g/mol. The molecular formula is C14H13N3O2. The molecule has 0 atom stereocenters. The number of benzene rings is 2. The molecule has 0 unspecified atom stereocenters. The number of methoxy groups -OCH3 is 2. The summed E-state index contributed by atoms with van der Waals surface area (Å²) >= 11 is 0. The maximum atomic E-state index is 8.62. The van der Waals surface area contributed by atoms with Crippen LogP contribution in [0.1, 0.15) is 0 Å². The Kier molecular flexibility index (Phi) is 3.90. The molecule has 5 nitrogen and oxygen atoms in total. The fraction of sp³-hybridized carbons (Fsp3) is 0.143. The summed E-state index contributed by atoms with van der Waals surface area (Å²) in [6, 6.07) is 12.8. The molecule has 0 amide bonds. The summed E-state index contributed by atoms with van der Waals surface area (Å²) in [5.41, 5.74) is 10.8. The van der Waals surface area contributed by atoms with E-state index in [0.717, 1.165) is 11.1 Å². The Bertz CT molecular complexity index is 634. The molecule has 2 aromatic rings. The summed E-state index contributed by atoms with van der Waals surface area (Å²) in [4.78, 5) is 2.84. The van der Waals surface area contributed by atoms with Crippen LogP contribution in [0.5, 0.6) is 11.5 Å². The van der Waals surface area contributed by atoms with Gasteiger partial charge in [-0.1, -0.05) is 29.4 Å². The molecule has 0 spiro atoms. The topological polar surface area (TPSA) is 67.2 Å². The summed E-state index contributed by atoms with van der Waals surface area (Å²) in [6.45, 7) is 0. The molecule has 0 heterocycles. The van der Waals surface area contributed by atoms with Crippen molar-refractivity contribution in [1.82, 2.24) is 0 Å². The Morgan fingerprint density at radius 2 is 1.79 bits per heavy atom. The maximum absolute atomic E-state index is 8.62. The van der Waals surface area contributed by atoms with Crippen molar-refractivity contribution in [3.05, 3.63) is 52.9 Å². The average molecular weight is 255 g/mol. The SMILES string of the molecule is COc1ccc(OC)c(-c2ccccc2N=[N+]=[N-])c1. The van der Waals surface area contributed by atoms with E-state index < -0.39 is 0 Å². The lowest BCUT2D eigenvalue weighted by molar-refractivity contribution is 0.404. The number of rotatable bonds is 4. The molecule has 0 radical (unpaired) electrons. The smallest absolute Gasteiger partial charge is 0.126 e. The highest BCUT2D eigenvalue weighted by Crippen LogP contribution is 2.38. The van der Waals surface area contributed by atoms with E-state index in [9.17, 15) is 0 Å². The van der Waals surface area contributed by atoms with Gasteiger partial charge in [-0.05, 0) is 29.3 Å². The third-order valence-electron chi connectivity index (χ3n) is 2.75. The standard InChI is InChI=1S/C14H13N3O2/c1-18-10-7-8-14(19-2)12(9-10)11-5-3-4-6-13(11)16-17-15/h3-9H,1-2H3. The molecule has 0 aliphatic rings. The zero-order valence-corrected chi connectivity index (χ0v) is 10.7. The molecule has 0 bridgehead atoms. The summed E-state index contributed by atoms with van der Waals surface area (Å²) in [7, 11) is 3.20. The van der Waals surface area contributed by atoms with Gasteiger partial charge in [0.2, 0.25) is 0 Å². The molecule has 0 aliphatic carbocycles. The van der Waals surface area contributed by atoms with Gasteiger partial charge in [-0.2, -0.15) is 0 Å². The van der Waals surface area contributed by atoms with Crippen LogP contribution in [0, 0.1) is 0 Å². The van der Waals surface area contributed by atoms with E-state index in [1.54, 1.807) is 20.3 Å². The molecule has 0 N–H and O–H groups in total. The zero-order valence-electron chi connectivity index (χ0n) is 10.7. The first-order chi connectivity index (χ1) is 9.30. The van der Waals surface area contributed by atoms with Gasteiger partial charge >= 0.3 is 0 Å². The van der Waals surface area contributed by atoms with Crippen LogP contribution < -0.4 is 9.47 Å². The first-order valence-corrected chi connectivity index (χ1v) is 5.66. The van der Waals surface area contributed by atoms with E-state index >= 15 is 0 Å². The van der Waals surface area contributed by atoms with Gasteiger partial charge in [0.05, 0.1) is 14.2 Å². The lowest BCUT2D eigenvalue weighted by atomic mass is 10.0. The molecule has 5 heteroatoms. The third kappa shape index (κ3) is 2.61. The van der Waals surface area contributed by atoms with Gasteiger partial charge in [-0.3, -0.25) is 0 Å². The Labute approximate surface area is 111 Å². The van der Waals surface area contributed by atoms with Crippen LogP contribution in [-0.2, 0) is 0 Å². The number of ether oxygens (including phenoxy) is 2. The van der Waals surface area contributed by atoms with Crippen LogP contribution >= 0.6 is 0 Å². The Morgan fingerprint density at radius 1 is 1.00 bits per heavy atom. The molecule has 0 aliphatic heterocycles. The average Bonchev–Trinajstić information content (AvgIpc) is 2.47. The van der Waals surface area contributed by atoms with Crippen molar-refractivity contribution in [2.75, 3.05) is 14.2 Å². The van der Waals surface area contributed by atoms with Crippen molar-refractivity contribution < 1.29 is 9.47 Å². The second-order valence-corrected chi connectivity index (χ2v) is 3.77. The zero-order chi connectivity index (χ0) is 13.7. The third-order valence-corrected chi connectivity index (χ3v) is 2.75. The Morgan fingerprint density at radius 3 is 2.47 bits per heavy atom. The van der Waals surface area contributed by atoms with Crippen LogP contribution in [-0.4, -0.2) is 14.2 Å². The summed E-state index contributed by atoms with van der Waals surface area (Å²) in [5, 5.41) is 3.70. The Hall–Kier alpha value is -2.65. The fourth-order valence-corrected chi connectivity index (χ4v) is 1.86. The number of nitrogens with zero attached hydrogens (tertiary/aromatic N) is 3. The van der Waals surface area contributed by atoms with Crippen molar-refractivity contribution in [2.45, 2.75) is 0 Å². The van der Waals surface area contributed by atoms with Crippen LogP contribution in [0.3, 0.4) is 0 Å². The normalized spacial score (nSPS) is 9.58. The van der Waals surface area contributed by atoms with Crippen molar-refractivity contribution >= 4 is 5.69 Å². The number of azide groups is 1. The van der Waals surface area contributed by atoms with Crippen LogP contribution in [0.2, 0.25) is 0 Å². The van der Waals surface area contributed by atoms with Crippen LogP contribution in [0.4, 0.5) is 5.69 Å². The van der Waals surface area contributed by atoms with Crippen LogP contribution in [0.25, 0.3) is 21.6 Å². The quantitative estimate of drug-likeness (QED) is 0.464. The highest BCUT2D eigenvalue weighted by atomic mass is 16.5. The minimum absolute atomic E-state index is 0.552. The number of hydrogen-bond acceptors (Lipinski definition) is 3. The maximum Gasteiger partial charge on any atom is 0.126 e. The van der Waals surface area contributed by atoms with E-state index in [0.29, 0.717) is 17.2 Å². The van der Waals surface area contributed by atoms with E-state index in [1.807, 2.05) is 36.4 Å².